The van der Waals surface area contributed by atoms with Crippen LogP contribution < -0.4 is 5.32 Å². The highest BCUT2D eigenvalue weighted by molar-refractivity contribution is 5.92. The highest BCUT2D eigenvalue weighted by Gasteiger charge is 2.41. The molecule has 2 aromatic rings. The van der Waals surface area contributed by atoms with Crippen molar-refractivity contribution < 1.29 is 19.4 Å². The van der Waals surface area contributed by atoms with E-state index in [4.69, 9.17) is 14.6 Å². The standard InChI is InChI=1S/C30H35NO4/c32-12-3-4-13-34-29-18-22(17-28(35-29)30(33)31-27-15-19-10-11-21(27)14-19)24-8-5-9-25-23-7-2-1-6-20(23)16-26(24)25/h1-2,5-9,17,19,21-22,27,29,32H,3-4,10-16,18H2,(H,31,33)/t19?,21?,22-,27?,29+/m1/s1. The Kier molecular flexibility index (Phi) is 6.38. The molecule has 4 aliphatic rings. The summed E-state index contributed by atoms with van der Waals surface area (Å²) in [6.45, 7) is 0.670. The number of nitrogens with one attached hydrogen (secondary N) is 1. The highest BCUT2D eigenvalue weighted by atomic mass is 16.7. The molecule has 1 aliphatic heterocycles. The lowest BCUT2D eigenvalue weighted by Gasteiger charge is -2.31. The van der Waals surface area contributed by atoms with E-state index in [2.05, 4.69) is 47.8 Å². The molecule has 3 unspecified atom stereocenters. The number of carbonyl (C=O) groups excluding carboxylic acids is 1. The molecule has 3 aliphatic carbocycles. The summed E-state index contributed by atoms with van der Waals surface area (Å²) < 4.78 is 12.2. The zero-order valence-corrected chi connectivity index (χ0v) is 20.2. The van der Waals surface area contributed by atoms with Crippen molar-refractivity contribution in [2.24, 2.45) is 11.8 Å². The number of fused-ring (bicyclic) bond motifs is 5. The molecule has 2 aromatic carbocycles. The van der Waals surface area contributed by atoms with Crippen LogP contribution in [0.4, 0.5) is 0 Å². The van der Waals surface area contributed by atoms with Gasteiger partial charge in [0.05, 0.1) is 6.61 Å². The Morgan fingerprint density at radius 2 is 1.91 bits per heavy atom. The molecule has 0 spiro atoms. The number of ether oxygens (including phenoxy) is 2. The predicted octanol–water partition coefficient (Wildman–Crippen LogP) is 5.07. The quantitative estimate of drug-likeness (QED) is 0.449. The predicted molar refractivity (Wildman–Crippen MR) is 135 cm³/mol. The molecule has 5 atom stereocenters. The number of aliphatic hydroxyl groups is 1. The van der Waals surface area contributed by atoms with Crippen LogP contribution in [0, 0.1) is 11.8 Å². The van der Waals surface area contributed by atoms with Gasteiger partial charge >= 0.3 is 0 Å². The van der Waals surface area contributed by atoms with Crippen molar-refractivity contribution in [3.8, 4) is 11.1 Å². The Morgan fingerprint density at radius 1 is 1.03 bits per heavy atom. The second-order valence-electron chi connectivity index (χ2n) is 10.7. The van der Waals surface area contributed by atoms with Crippen LogP contribution in [-0.2, 0) is 20.7 Å². The number of amides is 1. The molecule has 5 nitrogen and oxygen atoms in total. The van der Waals surface area contributed by atoms with Crippen molar-refractivity contribution in [2.45, 2.75) is 69.6 Å². The molecule has 1 amide bonds. The molecule has 0 aromatic heterocycles. The van der Waals surface area contributed by atoms with Crippen LogP contribution in [0.1, 0.15) is 67.6 Å². The van der Waals surface area contributed by atoms with E-state index < -0.39 is 6.29 Å². The number of aliphatic hydroxyl groups excluding tert-OH is 1. The van der Waals surface area contributed by atoms with Crippen LogP contribution >= 0.6 is 0 Å². The van der Waals surface area contributed by atoms with Crippen molar-refractivity contribution in [1.82, 2.24) is 5.32 Å². The van der Waals surface area contributed by atoms with E-state index in [0.717, 1.165) is 25.2 Å². The van der Waals surface area contributed by atoms with E-state index in [-0.39, 0.29) is 24.5 Å². The van der Waals surface area contributed by atoms with E-state index in [1.54, 1.807) is 0 Å². The van der Waals surface area contributed by atoms with Gasteiger partial charge < -0.3 is 19.9 Å². The van der Waals surface area contributed by atoms with Gasteiger partial charge in [-0.25, -0.2) is 0 Å². The number of allylic oxidation sites excluding steroid dienone is 1. The fourth-order valence-electron chi connectivity index (χ4n) is 6.75. The number of hydrogen-bond donors (Lipinski definition) is 2. The van der Waals surface area contributed by atoms with Crippen LogP contribution in [0.5, 0.6) is 0 Å². The second kappa shape index (κ2) is 9.79. The van der Waals surface area contributed by atoms with Crippen molar-refractivity contribution in [1.29, 1.82) is 0 Å². The Morgan fingerprint density at radius 3 is 2.74 bits per heavy atom. The van der Waals surface area contributed by atoms with Crippen LogP contribution in [0.25, 0.3) is 11.1 Å². The molecule has 2 bridgehead atoms. The lowest BCUT2D eigenvalue weighted by molar-refractivity contribution is -0.147. The molecule has 2 fully saturated rings. The summed E-state index contributed by atoms with van der Waals surface area (Å²) in [5.41, 5.74) is 6.58. The van der Waals surface area contributed by atoms with Crippen LogP contribution in [0.2, 0.25) is 0 Å². The maximum Gasteiger partial charge on any atom is 0.286 e. The first kappa shape index (κ1) is 22.8. The van der Waals surface area contributed by atoms with Crippen LogP contribution in [0.3, 0.4) is 0 Å². The normalized spacial score (nSPS) is 28.3. The van der Waals surface area contributed by atoms with Gasteiger partial charge in [-0.05, 0) is 84.3 Å². The summed E-state index contributed by atoms with van der Waals surface area (Å²) >= 11 is 0. The Balaban J connectivity index is 1.25. The summed E-state index contributed by atoms with van der Waals surface area (Å²) in [5.74, 6) is 1.73. The minimum absolute atomic E-state index is 0.0524. The zero-order chi connectivity index (χ0) is 23.8. The molecule has 2 saturated carbocycles. The third kappa shape index (κ3) is 4.52. The zero-order valence-electron chi connectivity index (χ0n) is 20.2. The molecule has 0 saturated heterocycles. The van der Waals surface area contributed by atoms with Crippen LogP contribution in [0.15, 0.2) is 54.3 Å². The number of benzene rings is 2. The first-order valence-electron chi connectivity index (χ1n) is 13.3. The second-order valence-corrected chi connectivity index (χ2v) is 10.7. The van der Waals surface area contributed by atoms with Crippen molar-refractivity contribution in [3.63, 3.8) is 0 Å². The molecule has 184 valence electrons. The van der Waals surface area contributed by atoms with Gasteiger partial charge in [0.1, 0.15) is 0 Å². The Hall–Kier alpha value is -2.63. The number of unbranched alkanes of at least 4 members (excludes halogenated alkanes) is 1. The SMILES string of the molecule is O=C(NC1CC2CCC1C2)C1=C[C@@H](c2cccc3c2Cc2ccccc2-3)C[C@@H](OCCCCO)O1. The van der Waals surface area contributed by atoms with Gasteiger partial charge in [-0.15, -0.1) is 0 Å². The summed E-state index contributed by atoms with van der Waals surface area (Å²) in [4.78, 5) is 13.3. The Bertz CT molecular complexity index is 1130. The lowest BCUT2D eigenvalue weighted by Crippen LogP contribution is -2.41. The van der Waals surface area contributed by atoms with E-state index in [0.29, 0.717) is 31.1 Å². The monoisotopic (exact) mass is 473 g/mol. The summed E-state index contributed by atoms with van der Waals surface area (Å²) in [6.07, 6.45) is 9.51. The van der Waals surface area contributed by atoms with Gasteiger partial charge in [-0.2, -0.15) is 0 Å². The van der Waals surface area contributed by atoms with E-state index in [1.807, 2.05) is 6.08 Å². The first-order chi connectivity index (χ1) is 17.2. The van der Waals surface area contributed by atoms with Gasteiger partial charge in [0.25, 0.3) is 5.91 Å². The average molecular weight is 474 g/mol. The molecule has 6 rings (SSSR count). The first-order valence-corrected chi connectivity index (χ1v) is 13.3. The number of rotatable bonds is 8. The van der Waals surface area contributed by atoms with Gasteiger partial charge in [0.2, 0.25) is 6.29 Å². The topological polar surface area (TPSA) is 67.8 Å². The maximum absolute atomic E-state index is 13.3. The smallest absolute Gasteiger partial charge is 0.286 e. The molecule has 35 heavy (non-hydrogen) atoms. The molecule has 1 heterocycles. The van der Waals surface area contributed by atoms with Gasteiger partial charge in [0, 0.05) is 25.0 Å². The minimum atomic E-state index is -0.468. The number of hydrogen-bond acceptors (Lipinski definition) is 4. The number of carbonyl (C=O) groups is 1. The summed E-state index contributed by atoms with van der Waals surface area (Å²) in [7, 11) is 0. The van der Waals surface area contributed by atoms with Gasteiger partial charge in [-0.3, -0.25) is 4.79 Å². The summed E-state index contributed by atoms with van der Waals surface area (Å²) in [6, 6.07) is 15.4. The van der Waals surface area contributed by atoms with E-state index in [9.17, 15) is 4.79 Å². The molecular formula is C30H35NO4. The fourth-order valence-corrected chi connectivity index (χ4v) is 6.75. The van der Waals surface area contributed by atoms with Crippen LogP contribution in [-0.4, -0.2) is 36.6 Å². The Labute approximate surface area is 207 Å². The van der Waals surface area contributed by atoms with E-state index in [1.165, 1.54) is 47.1 Å². The third-order valence-electron chi connectivity index (χ3n) is 8.48. The molecular weight excluding hydrogens is 438 g/mol. The fraction of sp³-hybridized carbons (Fsp3) is 0.500. The van der Waals surface area contributed by atoms with Crippen molar-refractivity contribution >= 4 is 5.91 Å². The molecule has 5 heteroatoms. The molecule has 0 radical (unpaired) electrons. The van der Waals surface area contributed by atoms with E-state index >= 15 is 0 Å². The van der Waals surface area contributed by atoms with Gasteiger partial charge in [0.15, 0.2) is 5.76 Å². The average Bonchev–Trinajstić information content (AvgIpc) is 3.60. The largest absolute Gasteiger partial charge is 0.459 e. The maximum atomic E-state index is 13.3. The van der Waals surface area contributed by atoms with Crippen molar-refractivity contribution in [2.75, 3.05) is 13.2 Å². The molecule has 2 N–H and O–H groups in total. The van der Waals surface area contributed by atoms with Gasteiger partial charge in [-0.1, -0.05) is 48.9 Å². The highest BCUT2D eigenvalue weighted by Crippen LogP contribution is 2.45. The summed E-state index contributed by atoms with van der Waals surface area (Å²) in [5, 5.41) is 12.4. The third-order valence-corrected chi connectivity index (χ3v) is 8.48. The van der Waals surface area contributed by atoms with Crippen molar-refractivity contribution in [3.05, 3.63) is 71.0 Å². The lowest BCUT2D eigenvalue weighted by atomic mass is 9.87. The minimum Gasteiger partial charge on any atom is -0.459 e.